The molecular formula is C103H70F11IN12O4. The van der Waals surface area contributed by atoms with Crippen LogP contribution >= 0.6 is 22.6 Å². The Bertz CT molecular complexity index is 6800. The van der Waals surface area contributed by atoms with Crippen molar-refractivity contribution < 1.29 is 67.5 Å². The van der Waals surface area contributed by atoms with Gasteiger partial charge < -0.3 is 21.3 Å². The Kier molecular flexibility index (Phi) is 31.9. The molecule has 12 aromatic carbocycles. The summed E-state index contributed by atoms with van der Waals surface area (Å²) in [6.45, 7) is 0. The maximum absolute atomic E-state index is 14.0. The number of amides is 4. The first-order chi connectivity index (χ1) is 63.5. The van der Waals surface area contributed by atoms with Gasteiger partial charge in [-0.1, -0.05) is 182 Å². The average molecular weight is 1880 g/mol. The van der Waals surface area contributed by atoms with Gasteiger partial charge in [-0.15, -0.1) is 0 Å². The molecule has 28 heteroatoms. The van der Waals surface area contributed by atoms with Crippen molar-refractivity contribution in [3.05, 3.63) is 451 Å². The first kappa shape index (κ1) is 92.4. The molecule has 0 spiro atoms. The summed E-state index contributed by atoms with van der Waals surface area (Å²) in [5.74, 6) is -15.4. The van der Waals surface area contributed by atoms with E-state index in [4.69, 9.17) is 0 Å². The smallest absolute Gasteiger partial charge is 0.256 e. The van der Waals surface area contributed by atoms with E-state index >= 15 is 0 Å². The second-order valence-electron chi connectivity index (χ2n) is 28.4. The summed E-state index contributed by atoms with van der Waals surface area (Å²) in [5, 5.41) is 10.7. The van der Waals surface area contributed by atoms with E-state index in [1.54, 1.807) is 116 Å². The lowest BCUT2D eigenvalue weighted by Crippen LogP contribution is -2.20. The van der Waals surface area contributed by atoms with Crippen LogP contribution in [-0.4, -0.2) is 63.5 Å². The van der Waals surface area contributed by atoms with E-state index in [0.29, 0.717) is 73.7 Å². The number of hydrogen-bond donors (Lipinski definition) is 4. The molecule has 131 heavy (non-hydrogen) atoms. The van der Waals surface area contributed by atoms with Crippen LogP contribution in [0, 0.1) is 67.6 Å². The van der Waals surface area contributed by atoms with Gasteiger partial charge in [0.05, 0.1) is 66.8 Å². The highest BCUT2D eigenvalue weighted by Gasteiger charge is 2.28. The van der Waals surface area contributed by atoms with Gasteiger partial charge in [-0.3, -0.25) is 19.2 Å². The highest BCUT2D eigenvalue weighted by atomic mass is 127. The summed E-state index contributed by atoms with van der Waals surface area (Å²) < 4.78 is 149. The van der Waals surface area contributed by atoms with Crippen molar-refractivity contribution in [3.8, 4) is 45.0 Å². The van der Waals surface area contributed by atoms with Gasteiger partial charge in [-0.2, -0.15) is 0 Å². The molecule has 0 fully saturated rings. The monoisotopic (exact) mass is 1870 g/mol. The van der Waals surface area contributed by atoms with Gasteiger partial charge in [0.2, 0.25) is 23.5 Å². The van der Waals surface area contributed by atoms with Crippen LogP contribution in [-0.2, 0) is 33.6 Å². The zero-order chi connectivity index (χ0) is 92.1. The van der Waals surface area contributed by atoms with Crippen LogP contribution in [0.1, 0.15) is 72.1 Å². The van der Waals surface area contributed by atoms with Crippen LogP contribution < -0.4 is 21.3 Å². The summed E-state index contributed by atoms with van der Waals surface area (Å²) in [6, 6.07) is 81.5. The van der Waals surface area contributed by atoms with E-state index in [1.165, 1.54) is 85.2 Å². The Morgan fingerprint density at radius 2 is 0.550 bits per heavy atom. The molecule has 0 atom stereocenters. The van der Waals surface area contributed by atoms with E-state index < -0.39 is 70.3 Å². The first-order valence-corrected chi connectivity index (χ1v) is 40.9. The molecule has 0 unspecified atom stereocenters. The highest BCUT2D eigenvalue weighted by Crippen LogP contribution is 2.30. The van der Waals surface area contributed by atoms with Gasteiger partial charge in [-0.25, -0.2) is 88.2 Å². The topological polar surface area (TPSA) is 220 Å². The molecule has 0 aliphatic rings. The predicted octanol–water partition coefficient (Wildman–Crippen LogP) is 24.2. The second-order valence-corrected chi connectivity index (χ2v) is 29.6. The number of halogens is 12. The number of rotatable bonds is 23. The average Bonchev–Trinajstić information content (AvgIpc) is 0.811. The summed E-state index contributed by atoms with van der Waals surface area (Å²) in [7, 11) is 0. The quantitative estimate of drug-likeness (QED) is 0.0203. The zero-order valence-electron chi connectivity index (χ0n) is 68.5. The predicted molar refractivity (Wildman–Crippen MR) is 494 cm³/mol. The maximum Gasteiger partial charge on any atom is 0.256 e. The molecule has 4 amide bonds. The Morgan fingerprint density at radius 1 is 0.275 bits per heavy atom. The summed E-state index contributed by atoms with van der Waals surface area (Å²) in [4.78, 5) is 85.9. The second kappa shape index (κ2) is 45.3. The Labute approximate surface area is 757 Å². The molecule has 0 saturated carbocycles. The Morgan fingerprint density at radius 3 is 0.863 bits per heavy atom. The third kappa shape index (κ3) is 26.7. The van der Waals surface area contributed by atoms with Crippen molar-refractivity contribution in [1.82, 2.24) is 39.9 Å². The van der Waals surface area contributed by atoms with E-state index in [9.17, 15) is 67.5 Å². The largest absolute Gasteiger partial charge is 0.309 e. The van der Waals surface area contributed by atoms with Gasteiger partial charge in [0.1, 0.15) is 46.0 Å². The third-order valence-corrected chi connectivity index (χ3v) is 19.7. The molecule has 4 heterocycles. The fourth-order valence-electron chi connectivity index (χ4n) is 12.3. The van der Waals surface area contributed by atoms with Crippen molar-refractivity contribution in [3.63, 3.8) is 0 Å². The van der Waals surface area contributed by atoms with Crippen molar-refractivity contribution in [2.24, 2.45) is 0 Å². The molecule has 16 rings (SSSR count). The Hall–Kier alpha value is -16.2. The summed E-state index contributed by atoms with van der Waals surface area (Å²) in [6.07, 6.45) is 19.0. The number of benzene rings is 12. The number of carbonyl (C=O) groups excluding carboxylic acids is 4. The molecule has 0 radical (unpaired) electrons. The fourth-order valence-corrected chi connectivity index (χ4v) is 12.7. The van der Waals surface area contributed by atoms with E-state index in [1.807, 2.05) is 152 Å². The van der Waals surface area contributed by atoms with Gasteiger partial charge in [-0.05, 0) is 214 Å². The summed E-state index contributed by atoms with van der Waals surface area (Å²) >= 11 is 2.23. The van der Waals surface area contributed by atoms with Crippen LogP contribution in [0.25, 0.3) is 93.6 Å². The molecule has 0 bridgehead atoms. The lowest BCUT2D eigenvalue weighted by atomic mass is 10.1. The van der Waals surface area contributed by atoms with E-state index in [-0.39, 0.29) is 59.4 Å². The molecule has 4 N–H and O–H groups in total. The van der Waals surface area contributed by atoms with Crippen LogP contribution in [0.4, 0.5) is 71.6 Å². The summed E-state index contributed by atoms with van der Waals surface area (Å²) in [5.41, 5.74) is 10.4. The van der Waals surface area contributed by atoms with E-state index in [2.05, 4.69) is 83.7 Å². The van der Waals surface area contributed by atoms with Crippen LogP contribution in [0.3, 0.4) is 0 Å². The molecule has 0 aliphatic carbocycles. The van der Waals surface area contributed by atoms with Gasteiger partial charge in [0, 0.05) is 37.0 Å². The minimum Gasteiger partial charge on any atom is -0.309 e. The van der Waals surface area contributed by atoms with E-state index in [0.717, 1.165) is 54.6 Å². The number of anilines is 4. The molecule has 4 aromatic heterocycles. The van der Waals surface area contributed by atoms with Crippen LogP contribution in [0.15, 0.2) is 316 Å². The standard InChI is InChI=1S/C26H15F6N3O.C26H18F3N3O.C26H19FIN3O.C25H18FN3O/c27-16-9-7-15(8-10-16)19-13-33-26(18(34-19)11-6-14-4-2-1-3-5-14)35-20(36)12-17-21(28)23(30)25(32)24(31)22(17)29;27-20-10-8-19(9-11-20)24-16-30-26(23(31-24)13-7-17-4-2-1-3-5-17)32-25(33)15-18-6-12-21(28)22(29)14-18;27-21-11-9-20(10-12-21)24-17-29-26(23(30-24)15-8-18-4-2-1-3-5-18)31-25(32)16-19-6-13-22(28)14-7-19;26-21-14-12-19(13-15-21)23-17-27-24(29-25(30)20-9-5-2-6-10-20)22(28-23)16-11-18-7-3-1-4-8-18/h1-11,13H,12H2,(H,33,35,36);1-14,16H,15H2,(H,30,32,33);1-15,17H,16H2,(H,29,31,32);1-17H,(H,27,29,30)/b11-6+;13-7+;15-8+;16-11+. The number of carbonyl (C=O) groups is 4. The first-order valence-electron chi connectivity index (χ1n) is 39.9. The minimum atomic E-state index is -2.32. The number of hydrogen-bond acceptors (Lipinski definition) is 12. The van der Waals surface area contributed by atoms with Crippen LogP contribution in [0.5, 0.6) is 0 Å². The van der Waals surface area contributed by atoms with Crippen LogP contribution in [0.2, 0.25) is 0 Å². The normalized spacial score (nSPS) is 11.0. The number of nitrogens with zero attached hydrogens (tertiary/aromatic N) is 8. The molecular weight excluding hydrogens is 1810 g/mol. The number of aromatic nitrogens is 8. The SMILES string of the molecule is O=C(Cc1c(F)c(F)c(F)c(F)c1F)Nc1ncc(-c2ccc(F)cc2)nc1/C=C/c1ccccc1.O=C(Cc1ccc(F)c(F)c1)Nc1ncc(-c2ccc(F)cc2)nc1/C=C/c1ccccc1.O=C(Cc1ccc(I)cc1)Nc1ncc(-c2ccc(F)cc2)nc1/C=C/c1ccccc1.O=C(Nc1ncc(-c2ccc(F)cc2)nc1/C=C/c1ccccc1)c1ccccc1. The molecule has 16 nitrogen and oxygen atoms in total. The Balaban J connectivity index is 0.000000149. The highest BCUT2D eigenvalue weighted by molar-refractivity contribution is 14.1. The number of nitrogens with one attached hydrogen (secondary N) is 4. The zero-order valence-corrected chi connectivity index (χ0v) is 70.7. The lowest BCUT2D eigenvalue weighted by Gasteiger charge is -2.11. The fraction of sp³-hybridized carbons (Fsp3) is 0.0291. The molecule has 0 saturated heterocycles. The molecule has 0 aliphatic heterocycles. The van der Waals surface area contributed by atoms with Crippen molar-refractivity contribution in [2.75, 3.05) is 21.3 Å². The van der Waals surface area contributed by atoms with Crippen molar-refractivity contribution >= 4 is 118 Å². The van der Waals surface area contributed by atoms with Gasteiger partial charge in [0.25, 0.3) is 5.91 Å². The van der Waals surface area contributed by atoms with Crippen molar-refractivity contribution in [1.29, 1.82) is 0 Å². The van der Waals surface area contributed by atoms with Gasteiger partial charge in [0.15, 0.2) is 58.2 Å². The lowest BCUT2D eigenvalue weighted by molar-refractivity contribution is -0.116. The maximum atomic E-state index is 14.0. The third-order valence-electron chi connectivity index (χ3n) is 19.0. The molecule has 650 valence electrons. The molecule has 16 aromatic rings. The van der Waals surface area contributed by atoms with Gasteiger partial charge >= 0.3 is 0 Å². The minimum absolute atomic E-state index is 0.123. The van der Waals surface area contributed by atoms with Crippen molar-refractivity contribution in [2.45, 2.75) is 19.3 Å².